The summed E-state index contributed by atoms with van der Waals surface area (Å²) >= 11 is 0. The monoisotopic (exact) mass is 282 g/mol. The van der Waals surface area contributed by atoms with Crippen LogP contribution >= 0.6 is 0 Å². The Kier molecular flexibility index (Phi) is 6.48. The summed E-state index contributed by atoms with van der Waals surface area (Å²) in [4.78, 5) is 24.3. The van der Waals surface area contributed by atoms with E-state index in [1.165, 1.54) is 0 Å². The first-order valence-electron chi connectivity index (χ1n) is 6.15. The van der Waals surface area contributed by atoms with E-state index in [1.807, 2.05) is 0 Å². The molecule has 0 radical (unpaired) electrons. The molecule has 0 spiro atoms. The summed E-state index contributed by atoms with van der Waals surface area (Å²) in [5, 5.41) is 29.3. The lowest BCUT2D eigenvalue weighted by molar-refractivity contribution is -0.139. The van der Waals surface area contributed by atoms with E-state index in [0.29, 0.717) is 5.56 Å². The predicted octanol–water partition coefficient (Wildman–Crippen LogP) is -0.191. The van der Waals surface area contributed by atoms with E-state index >= 15 is 0 Å². The van der Waals surface area contributed by atoms with Crippen molar-refractivity contribution in [3.63, 3.8) is 0 Å². The smallest absolute Gasteiger partial charge is 0.330 e. The molecule has 0 unspecified atom stereocenters. The highest BCUT2D eigenvalue weighted by Gasteiger charge is 2.24. The summed E-state index contributed by atoms with van der Waals surface area (Å²) in [5.41, 5.74) is 0.446. The van der Waals surface area contributed by atoms with Crippen LogP contribution in [-0.4, -0.2) is 58.5 Å². The van der Waals surface area contributed by atoms with E-state index < -0.39 is 18.0 Å². The molecule has 0 fully saturated rings. The van der Waals surface area contributed by atoms with Crippen LogP contribution in [0.1, 0.15) is 11.6 Å². The molecule has 0 saturated carbocycles. The van der Waals surface area contributed by atoms with Crippen molar-refractivity contribution < 1.29 is 24.9 Å². The molecule has 2 amide bonds. The minimum atomic E-state index is -1.18. The highest BCUT2D eigenvalue weighted by molar-refractivity contribution is 5.83. The third-order valence-corrected chi connectivity index (χ3v) is 2.67. The van der Waals surface area contributed by atoms with Gasteiger partial charge in [-0.25, -0.2) is 9.59 Å². The van der Waals surface area contributed by atoms with Crippen LogP contribution in [0, 0.1) is 0 Å². The molecule has 0 aliphatic heterocycles. The summed E-state index contributed by atoms with van der Waals surface area (Å²) in [7, 11) is 0. The highest BCUT2D eigenvalue weighted by Crippen LogP contribution is 2.13. The molecule has 0 aliphatic carbocycles. The van der Waals surface area contributed by atoms with E-state index in [1.54, 1.807) is 30.3 Å². The average molecular weight is 282 g/mol. The summed E-state index contributed by atoms with van der Waals surface area (Å²) in [6.45, 7) is -0.492. The Morgan fingerprint density at radius 1 is 1.10 bits per heavy atom. The lowest BCUT2D eigenvalue weighted by Gasteiger charge is -2.24. The number of rotatable bonds is 7. The Morgan fingerprint density at radius 3 is 2.10 bits per heavy atom. The number of nitrogens with one attached hydrogen (secondary N) is 1. The lowest BCUT2D eigenvalue weighted by Crippen LogP contribution is -2.46. The number of urea groups is 1. The zero-order valence-corrected chi connectivity index (χ0v) is 10.9. The summed E-state index contributed by atoms with van der Waals surface area (Å²) in [5.74, 6) is -1.18. The number of carbonyl (C=O) groups excluding carboxylic acids is 1. The number of aliphatic carboxylic acids is 1. The van der Waals surface area contributed by atoms with Crippen LogP contribution in [0.2, 0.25) is 0 Å². The fourth-order valence-corrected chi connectivity index (χ4v) is 1.70. The van der Waals surface area contributed by atoms with Gasteiger partial charge in [-0.1, -0.05) is 30.3 Å². The Labute approximate surface area is 116 Å². The average Bonchev–Trinajstić information content (AvgIpc) is 2.45. The van der Waals surface area contributed by atoms with Crippen molar-refractivity contribution in [2.45, 2.75) is 6.04 Å². The van der Waals surface area contributed by atoms with Gasteiger partial charge in [0, 0.05) is 13.1 Å². The van der Waals surface area contributed by atoms with E-state index in [9.17, 15) is 14.7 Å². The van der Waals surface area contributed by atoms with Crippen LogP contribution in [0.25, 0.3) is 0 Å². The predicted molar refractivity (Wildman–Crippen MR) is 71.1 cm³/mol. The number of aliphatic hydroxyl groups excluding tert-OH is 2. The molecule has 0 bridgehead atoms. The number of aliphatic hydroxyl groups is 2. The number of nitrogens with zero attached hydrogens (tertiary/aromatic N) is 1. The first-order chi connectivity index (χ1) is 9.60. The Morgan fingerprint density at radius 2 is 1.65 bits per heavy atom. The summed E-state index contributed by atoms with van der Waals surface area (Å²) in [6, 6.07) is 6.47. The van der Waals surface area contributed by atoms with Gasteiger partial charge >= 0.3 is 12.0 Å². The van der Waals surface area contributed by atoms with Crippen molar-refractivity contribution in [1.29, 1.82) is 0 Å². The van der Waals surface area contributed by atoms with Gasteiger partial charge in [-0.15, -0.1) is 0 Å². The third-order valence-electron chi connectivity index (χ3n) is 2.67. The molecule has 7 heteroatoms. The quantitative estimate of drug-likeness (QED) is 0.554. The van der Waals surface area contributed by atoms with Crippen LogP contribution < -0.4 is 5.32 Å². The van der Waals surface area contributed by atoms with Crippen LogP contribution in [0.4, 0.5) is 4.79 Å². The molecule has 4 N–H and O–H groups in total. The maximum atomic E-state index is 11.9. The van der Waals surface area contributed by atoms with Gasteiger partial charge in [-0.05, 0) is 5.56 Å². The number of hydrogen-bond acceptors (Lipinski definition) is 4. The molecule has 0 heterocycles. The standard InChI is InChI=1S/C13H18N2O5/c16-8-6-15(7-9-17)13(20)14-11(12(18)19)10-4-2-1-3-5-10/h1-5,11,16-17H,6-9H2,(H,14,20)(H,18,19)/t11-/m1/s1. The van der Waals surface area contributed by atoms with Gasteiger partial charge in [0.1, 0.15) is 0 Å². The second kappa shape index (κ2) is 8.13. The van der Waals surface area contributed by atoms with Gasteiger partial charge in [0.05, 0.1) is 13.2 Å². The van der Waals surface area contributed by atoms with E-state index in [4.69, 9.17) is 10.2 Å². The number of carboxylic acid groups (broad SMARTS) is 1. The summed E-state index contributed by atoms with van der Waals surface area (Å²) < 4.78 is 0. The van der Waals surface area contributed by atoms with Crippen molar-refractivity contribution in [3.8, 4) is 0 Å². The first kappa shape index (κ1) is 15.9. The first-order valence-corrected chi connectivity index (χ1v) is 6.15. The fourth-order valence-electron chi connectivity index (χ4n) is 1.70. The molecule has 20 heavy (non-hydrogen) atoms. The third kappa shape index (κ3) is 4.52. The molecular weight excluding hydrogens is 264 g/mol. The van der Waals surface area contributed by atoms with Gasteiger partial charge in [0.25, 0.3) is 0 Å². The minimum Gasteiger partial charge on any atom is -0.479 e. The molecule has 1 aromatic rings. The number of hydrogen-bond donors (Lipinski definition) is 4. The SMILES string of the molecule is O=C(O)[C@H](NC(=O)N(CCO)CCO)c1ccccc1. The van der Waals surface area contributed by atoms with Gasteiger partial charge in [-0.3, -0.25) is 0 Å². The maximum Gasteiger partial charge on any atom is 0.330 e. The van der Waals surface area contributed by atoms with Crippen LogP contribution in [-0.2, 0) is 4.79 Å². The minimum absolute atomic E-state index is 0.0214. The van der Waals surface area contributed by atoms with Gasteiger partial charge in [-0.2, -0.15) is 0 Å². The van der Waals surface area contributed by atoms with E-state index in [-0.39, 0.29) is 26.3 Å². The normalized spacial score (nSPS) is 11.7. The maximum absolute atomic E-state index is 11.9. The zero-order chi connectivity index (χ0) is 15.0. The van der Waals surface area contributed by atoms with Gasteiger partial charge < -0.3 is 25.5 Å². The van der Waals surface area contributed by atoms with Gasteiger partial charge in [0.15, 0.2) is 6.04 Å². The van der Waals surface area contributed by atoms with Crippen LogP contribution in [0.5, 0.6) is 0 Å². The number of benzene rings is 1. The second-order valence-corrected chi connectivity index (χ2v) is 4.07. The number of carbonyl (C=O) groups is 2. The van der Waals surface area contributed by atoms with Gasteiger partial charge in [0.2, 0.25) is 0 Å². The lowest BCUT2D eigenvalue weighted by atomic mass is 10.1. The molecule has 1 rings (SSSR count). The molecule has 7 nitrogen and oxygen atoms in total. The molecule has 110 valence electrons. The van der Waals surface area contributed by atoms with Crippen LogP contribution in [0.3, 0.4) is 0 Å². The van der Waals surface area contributed by atoms with Crippen molar-refractivity contribution in [2.24, 2.45) is 0 Å². The molecule has 1 aromatic carbocycles. The van der Waals surface area contributed by atoms with Crippen LogP contribution in [0.15, 0.2) is 30.3 Å². The van der Waals surface area contributed by atoms with Crippen molar-refractivity contribution >= 4 is 12.0 Å². The zero-order valence-electron chi connectivity index (χ0n) is 10.9. The molecule has 1 atom stereocenters. The molecule has 0 aliphatic rings. The fraction of sp³-hybridized carbons (Fsp3) is 0.385. The Balaban J connectivity index is 2.80. The number of carboxylic acids is 1. The topological polar surface area (TPSA) is 110 Å². The molecule has 0 saturated heterocycles. The van der Waals surface area contributed by atoms with E-state index in [2.05, 4.69) is 5.32 Å². The second-order valence-electron chi connectivity index (χ2n) is 4.07. The highest BCUT2D eigenvalue weighted by atomic mass is 16.4. The van der Waals surface area contributed by atoms with Crippen molar-refractivity contribution in [3.05, 3.63) is 35.9 Å². The number of amides is 2. The van der Waals surface area contributed by atoms with E-state index in [0.717, 1.165) is 4.90 Å². The Bertz CT molecular complexity index is 432. The Hall–Kier alpha value is -2.12. The molecule has 0 aromatic heterocycles. The molecular formula is C13H18N2O5. The summed E-state index contributed by atoms with van der Waals surface area (Å²) in [6.07, 6.45) is 0. The van der Waals surface area contributed by atoms with Crippen molar-refractivity contribution in [1.82, 2.24) is 10.2 Å². The largest absolute Gasteiger partial charge is 0.479 e. The van der Waals surface area contributed by atoms with Crippen molar-refractivity contribution in [2.75, 3.05) is 26.3 Å².